The topological polar surface area (TPSA) is 34.9 Å². The molecule has 2 aromatic carbocycles. The van der Waals surface area contributed by atoms with Gasteiger partial charge < -0.3 is 0 Å². The van der Waals surface area contributed by atoms with E-state index < -0.39 is 0 Å². The Bertz CT molecular complexity index is 1010. The first-order chi connectivity index (χ1) is 12.1. The van der Waals surface area contributed by atoms with Crippen LogP contribution in [0.25, 0.3) is 10.9 Å². The number of hydrogen-bond acceptors (Lipinski definition) is 4. The van der Waals surface area contributed by atoms with Crippen LogP contribution in [0.4, 0.5) is 0 Å². The average molecular weight is 409 g/mol. The van der Waals surface area contributed by atoms with Crippen LogP contribution in [0.5, 0.6) is 0 Å². The standard InChI is InChI=1S/C18H14Cl2N2OS2/c19-12-6-5-11(15(20)7-12)8-24-9-13-10-25-18-21-16-4-2-1-3-14(16)17(23)22(13)18/h1-7,13H,8-10H2/t13-/m0/s1. The van der Waals surface area contributed by atoms with Gasteiger partial charge in [0.2, 0.25) is 0 Å². The Morgan fingerprint density at radius 2 is 2.08 bits per heavy atom. The van der Waals surface area contributed by atoms with E-state index in [0.29, 0.717) is 15.4 Å². The quantitative estimate of drug-likeness (QED) is 0.549. The maximum atomic E-state index is 12.8. The zero-order valence-electron chi connectivity index (χ0n) is 13.1. The summed E-state index contributed by atoms with van der Waals surface area (Å²) < 4.78 is 1.85. The molecule has 3 nitrogen and oxygen atoms in total. The predicted molar refractivity (Wildman–Crippen MR) is 108 cm³/mol. The van der Waals surface area contributed by atoms with Crippen LogP contribution in [0.1, 0.15) is 11.6 Å². The summed E-state index contributed by atoms with van der Waals surface area (Å²) in [7, 11) is 0. The fourth-order valence-corrected chi connectivity index (χ4v) is 5.84. The Morgan fingerprint density at radius 3 is 2.92 bits per heavy atom. The molecular weight excluding hydrogens is 395 g/mol. The van der Waals surface area contributed by atoms with E-state index in [1.165, 1.54) is 0 Å². The highest BCUT2D eigenvalue weighted by Crippen LogP contribution is 2.34. The zero-order chi connectivity index (χ0) is 17.4. The summed E-state index contributed by atoms with van der Waals surface area (Å²) in [5.41, 5.74) is 1.89. The molecule has 1 aliphatic heterocycles. The van der Waals surface area contributed by atoms with Gasteiger partial charge >= 0.3 is 0 Å². The lowest BCUT2D eigenvalue weighted by Crippen LogP contribution is -2.26. The van der Waals surface area contributed by atoms with E-state index in [1.54, 1.807) is 29.6 Å². The second-order valence-corrected chi connectivity index (χ2v) is 8.66. The minimum atomic E-state index is 0.0562. The number of rotatable bonds is 4. The normalized spacial score (nSPS) is 16.3. The van der Waals surface area contributed by atoms with Crippen molar-refractivity contribution in [2.45, 2.75) is 17.0 Å². The van der Waals surface area contributed by atoms with Crippen LogP contribution in [0.15, 0.2) is 52.4 Å². The van der Waals surface area contributed by atoms with Crippen LogP contribution in [0, 0.1) is 0 Å². The van der Waals surface area contributed by atoms with Crippen molar-refractivity contribution >= 4 is 57.6 Å². The number of hydrogen-bond donors (Lipinski definition) is 0. The van der Waals surface area contributed by atoms with Crippen LogP contribution in [0.3, 0.4) is 0 Å². The summed E-state index contributed by atoms with van der Waals surface area (Å²) in [4.78, 5) is 17.5. The smallest absolute Gasteiger partial charge is 0.262 e. The van der Waals surface area contributed by atoms with Crippen molar-refractivity contribution in [2.75, 3.05) is 11.5 Å². The summed E-state index contributed by atoms with van der Waals surface area (Å²) in [6.45, 7) is 0. The second-order valence-electron chi connectivity index (χ2n) is 5.80. The Balaban J connectivity index is 1.53. The maximum Gasteiger partial charge on any atom is 0.262 e. The molecule has 0 saturated carbocycles. The van der Waals surface area contributed by atoms with Crippen molar-refractivity contribution in [3.05, 3.63) is 68.4 Å². The van der Waals surface area contributed by atoms with Crippen LogP contribution >= 0.6 is 46.7 Å². The largest absolute Gasteiger partial charge is 0.282 e. The van der Waals surface area contributed by atoms with Gasteiger partial charge in [-0.1, -0.05) is 53.2 Å². The van der Waals surface area contributed by atoms with Gasteiger partial charge in [-0.3, -0.25) is 9.36 Å². The van der Waals surface area contributed by atoms with Gasteiger partial charge in [-0.25, -0.2) is 4.98 Å². The molecule has 128 valence electrons. The number of thioether (sulfide) groups is 2. The number of aromatic nitrogens is 2. The first-order valence-corrected chi connectivity index (χ1v) is 10.7. The van der Waals surface area contributed by atoms with Gasteiger partial charge in [0.25, 0.3) is 5.56 Å². The summed E-state index contributed by atoms with van der Waals surface area (Å²) in [6.07, 6.45) is 0. The first kappa shape index (κ1) is 17.3. The third-order valence-electron chi connectivity index (χ3n) is 4.13. The summed E-state index contributed by atoms with van der Waals surface area (Å²) in [5, 5.41) is 2.83. The molecule has 4 rings (SSSR count). The number of halogens is 2. The number of para-hydroxylation sites is 1. The van der Waals surface area contributed by atoms with Crippen LogP contribution < -0.4 is 5.56 Å². The van der Waals surface area contributed by atoms with Crippen molar-refractivity contribution in [3.63, 3.8) is 0 Å². The Labute approximate surface area is 163 Å². The number of nitrogens with zero attached hydrogens (tertiary/aromatic N) is 2. The fraction of sp³-hybridized carbons (Fsp3) is 0.222. The zero-order valence-corrected chi connectivity index (χ0v) is 16.3. The summed E-state index contributed by atoms with van der Waals surface area (Å²) in [5.74, 6) is 2.51. The van der Waals surface area contributed by atoms with Gasteiger partial charge in [-0.05, 0) is 29.8 Å². The Hall–Kier alpha value is -1.14. The minimum Gasteiger partial charge on any atom is -0.282 e. The van der Waals surface area contributed by atoms with Crippen molar-refractivity contribution in [1.29, 1.82) is 0 Å². The van der Waals surface area contributed by atoms with Gasteiger partial charge in [0.15, 0.2) is 5.16 Å². The summed E-state index contributed by atoms with van der Waals surface area (Å²) in [6, 6.07) is 13.3. The van der Waals surface area contributed by atoms with E-state index in [9.17, 15) is 4.79 Å². The van der Waals surface area contributed by atoms with Crippen molar-refractivity contribution in [1.82, 2.24) is 9.55 Å². The predicted octanol–water partition coefficient (Wildman–Crippen LogP) is 5.28. The van der Waals surface area contributed by atoms with Crippen LogP contribution in [0.2, 0.25) is 10.0 Å². The molecule has 1 aliphatic rings. The lowest BCUT2D eigenvalue weighted by atomic mass is 10.2. The van der Waals surface area contributed by atoms with Crippen LogP contribution in [-0.2, 0) is 5.75 Å². The molecule has 0 aliphatic carbocycles. The van der Waals surface area contributed by atoms with E-state index in [2.05, 4.69) is 4.98 Å². The lowest BCUT2D eigenvalue weighted by molar-refractivity contribution is 0.558. The molecule has 0 fully saturated rings. The van der Waals surface area contributed by atoms with Gasteiger partial charge in [0, 0.05) is 27.3 Å². The third-order valence-corrected chi connectivity index (χ3v) is 6.95. The third kappa shape index (κ3) is 3.43. The SMILES string of the molecule is O=c1c2ccccc2nc2n1[C@@H](CSCc1ccc(Cl)cc1Cl)CS2. The number of fused-ring (bicyclic) bond motifs is 2. The molecule has 1 aromatic heterocycles. The van der Waals surface area contributed by atoms with E-state index in [1.807, 2.05) is 41.0 Å². The molecule has 7 heteroatoms. The monoisotopic (exact) mass is 408 g/mol. The highest BCUT2D eigenvalue weighted by atomic mass is 35.5. The molecule has 0 radical (unpaired) electrons. The fourth-order valence-electron chi connectivity index (χ4n) is 2.86. The van der Waals surface area contributed by atoms with Crippen molar-refractivity contribution < 1.29 is 0 Å². The van der Waals surface area contributed by atoms with E-state index in [-0.39, 0.29) is 11.6 Å². The van der Waals surface area contributed by atoms with E-state index >= 15 is 0 Å². The molecule has 0 saturated heterocycles. The Morgan fingerprint density at radius 1 is 1.24 bits per heavy atom. The highest BCUT2D eigenvalue weighted by molar-refractivity contribution is 8.00. The molecule has 0 bridgehead atoms. The molecule has 1 atom stereocenters. The molecule has 0 unspecified atom stereocenters. The average Bonchev–Trinajstić information content (AvgIpc) is 3.00. The molecule has 0 spiro atoms. The van der Waals surface area contributed by atoms with E-state index in [0.717, 1.165) is 33.5 Å². The van der Waals surface area contributed by atoms with E-state index in [4.69, 9.17) is 23.2 Å². The molecule has 0 N–H and O–H groups in total. The molecule has 3 aromatic rings. The Kier molecular flexibility index (Phi) is 5.00. The maximum absolute atomic E-state index is 12.8. The minimum absolute atomic E-state index is 0.0562. The molecular formula is C18H14Cl2N2OS2. The second kappa shape index (κ2) is 7.23. The van der Waals surface area contributed by atoms with Gasteiger partial charge in [0.1, 0.15) is 0 Å². The van der Waals surface area contributed by atoms with Gasteiger partial charge in [0.05, 0.1) is 16.9 Å². The number of benzene rings is 2. The first-order valence-electron chi connectivity index (χ1n) is 7.79. The van der Waals surface area contributed by atoms with Crippen molar-refractivity contribution in [3.8, 4) is 0 Å². The van der Waals surface area contributed by atoms with Crippen LogP contribution in [-0.4, -0.2) is 21.1 Å². The lowest BCUT2D eigenvalue weighted by Gasteiger charge is -2.14. The molecule has 25 heavy (non-hydrogen) atoms. The highest BCUT2D eigenvalue weighted by Gasteiger charge is 2.26. The van der Waals surface area contributed by atoms with Gasteiger partial charge in [-0.2, -0.15) is 11.8 Å². The van der Waals surface area contributed by atoms with Crippen molar-refractivity contribution in [2.24, 2.45) is 0 Å². The summed E-state index contributed by atoms with van der Waals surface area (Å²) >= 11 is 15.6. The molecule has 2 heterocycles. The molecule has 0 amide bonds. The van der Waals surface area contributed by atoms with Gasteiger partial charge in [-0.15, -0.1) is 0 Å².